The van der Waals surface area contributed by atoms with E-state index in [0.717, 1.165) is 36.3 Å². The average Bonchev–Trinajstić information content (AvgIpc) is 2.98. The van der Waals surface area contributed by atoms with E-state index < -0.39 is 5.76 Å². The minimum absolute atomic E-state index is 0.413. The highest BCUT2D eigenvalue weighted by atomic mass is 16.4. The second-order valence-corrected chi connectivity index (χ2v) is 5.23. The third-order valence-corrected chi connectivity index (χ3v) is 4.03. The normalized spacial score (nSPS) is 14.7. The maximum Gasteiger partial charge on any atom is 0.417 e. The zero-order valence-corrected chi connectivity index (χ0v) is 11.2. The van der Waals surface area contributed by atoms with Crippen molar-refractivity contribution in [2.24, 2.45) is 0 Å². The first-order valence-electron chi connectivity index (χ1n) is 6.76. The van der Waals surface area contributed by atoms with Gasteiger partial charge in [-0.3, -0.25) is 4.98 Å². The minimum atomic E-state index is -0.413. The van der Waals surface area contributed by atoms with Gasteiger partial charge in [0.2, 0.25) is 0 Å². The average molecular weight is 269 g/mol. The van der Waals surface area contributed by atoms with Gasteiger partial charge < -0.3 is 14.7 Å². The van der Waals surface area contributed by atoms with Crippen molar-refractivity contribution in [1.29, 1.82) is 0 Å². The van der Waals surface area contributed by atoms with Crippen molar-refractivity contribution in [3.63, 3.8) is 0 Å². The van der Waals surface area contributed by atoms with E-state index in [2.05, 4.69) is 22.2 Å². The quantitative estimate of drug-likeness (QED) is 0.633. The van der Waals surface area contributed by atoms with E-state index in [4.69, 9.17) is 4.42 Å². The highest BCUT2D eigenvalue weighted by Crippen LogP contribution is 2.30. The molecule has 20 heavy (non-hydrogen) atoms. The first-order valence-corrected chi connectivity index (χ1v) is 6.76. The Hall–Kier alpha value is -2.27. The molecule has 0 atom stereocenters. The zero-order valence-electron chi connectivity index (χ0n) is 11.2. The molecule has 0 fully saturated rings. The van der Waals surface area contributed by atoms with Gasteiger partial charge in [0.15, 0.2) is 5.58 Å². The fraction of sp³-hybridized carbons (Fsp3) is 0.267. The smallest absolute Gasteiger partial charge is 0.408 e. The molecule has 3 heterocycles. The molecule has 102 valence electrons. The van der Waals surface area contributed by atoms with Crippen molar-refractivity contribution in [3.05, 3.63) is 45.6 Å². The number of hydrogen-bond donors (Lipinski definition) is 3. The summed E-state index contributed by atoms with van der Waals surface area (Å²) in [6.45, 7) is 4.06. The van der Waals surface area contributed by atoms with Crippen molar-refractivity contribution in [1.82, 2.24) is 15.3 Å². The van der Waals surface area contributed by atoms with Gasteiger partial charge >= 0.3 is 5.76 Å². The summed E-state index contributed by atoms with van der Waals surface area (Å²) in [5.74, 6) is -0.413. The third kappa shape index (κ3) is 1.63. The molecule has 3 N–H and O–H groups in total. The van der Waals surface area contributed by atoms with Crippen LogP contribution in [0.5, 0.6) is 0 Å². The summed E-state index contributed by atoms with van der Waals surface area (Å²) >= 11 is 0. The summed E-state index contributed by atoms with van der Waals surface area (Å²) in [5.41, 5.74) is 7.43. The molecule has 2 aromatic heterocycles. The lowest BCUT2D eigenvalue weighted by atomic mass is 10.0. The number of rotatable bonds is 1. The van der Waals surface area contributed by atoms with Gasteiger partial charge in [-0.25, -0.2) is 4.79 Å². The molecule has 1 aliphatic heterocycles. The molecular weight excluding hydrogens is 254 g/mol. The van der Waals surface area contributed by atoms with E-state index in [1.807, 2.05) is 18.2 Å². The fourth-order valence-corrected chi connectivity index (χ4v) is 2.97. The molecule has 5 heteroatoms. The van der Waals surface area contributed by atoms with Crippen LogP contribution in [-0.2, 0) is 13.0 Å². The maximum atomic E-state index is 11.2. The van der Waals surface area contributed by atoms with Crippen LogP contribution in [-0.4, -0.2) is 16.5 Å². The zero-order chi connectivity index (χ0) is 13.7. The van der Waals surface area contributed by atoms with Crippen LogP contribution in [0.3, 0.4) is 0 Å². The molecule has 0 aliphatic carbocycles. The molecule has 0 bridgehead atoms. The molecule has 0 spiro atoms. The van der Waals surface area contributed by atoms with Crippen molar-refractivity contribution in [2.75, 3.05) is 6.54 Å². The number of benzene rings is 1. The first kappa shape index (κ1) is 11.5. The lowest BCUT2D eigenvalue weighted by molar-refractivity contribution is 0.555. The molecular formula is C15H15N3O2. The second kappa shape index (κ2) is 4.11. The summed E-state index contributed by atoms with van der Waals surface area (Å²) in [6.07, 6.45) is 1.03. The Morgan fingerprint density at radius 3 is 3.00 bits per heavy atom. The Balaban J connectivity index is 1.90. The second-order valence-electron chi connectivity index (χ2n) is 5.23. The predicted molar refractivity (Wildman–Crippen MR) is 76.8 cm³/mol. The van der Waals surface area contributed by atoms with Crippen LogP contribution in [0.4, 0.5) is 0 Å². The van der Waals surface area contributed by atoms with E-state index in [0.29, 0.717) is 5.58 Å². The Kier molecular flexibility index (Phi) is 2.37. The van der Waals surface area contributed by atoms with Crippen LogP contribution in [0.1, 0.15) is 16.8 Å². The molecule has 0 amide bonds. The van der Waals surface area contributed by atoms with Crippen molar-refractivity contribution in [2.45, 2.75) is 19.9 Å². The molecule has 0 radical (unpaired) electrons. The van der Waals surface area contributed by atoms with Gasteiger partial charge in [0.1, 0.15) is 0 Å². The van der Waals surface area contributed by atoms with Crippen LogP contribution in [0.2, 0.25) is 0 Å². The van der Waals surface area contributed by atoms with Crippen LogP contribution >= 0.6 is 0 Å². The Bertz CT molecular complexity index is 854. The van der Waals surface area contributed by atoms with Gasteiger partial charge in [0.25, 0.3) is 0 Å². The Morgan fingerprint density at radius 2 is 2.15 bits per heavy atom. The van der Waals surface area contributed by atoms with E-state index >= 15 is 0 Å². The standard InChI is InChI=1S/C15H15N3O2/c1-8-10-7-16-5-4-11(10)17-14(8)9-2-3-12-13(6-9)20-15(19)18-12/h2-3,6,16-17H,4-5,7H2,1H3,(H,18,19). The van der Waals surface area contributed by atoms with Crippen LogP contribution < -0.4 is 11.1 Å². The van der Waals surface area contributed by atoms with Gasteiger partial charge in [0, 0.05) is 36.5 Å². The summed E-state index contributed by atoms with van der Waals surface area (Å²) in [6, 6.07) is 5.80. The summed E-state index contributed by atoms with van der Waals surface area (Å²) in [7, 11) is 0. The van der Waals surface area contributed by atoms with Gasteiger partial charge in [0.05, 0.1) is 5.52 Å². The van der Waals surface area contributed by atoms with Gasteiger partial charge in [-0.2, -0.15) is 0 Å². The van der Waals surface area contributed by atoms with Gasteiger partial charge in [-0.1, -0.05) is 6.07 Å². The highest BCUT2D eigenvalue weighted by molar-refractivity contribution is 5.80. The van der Waals surface area contributed by atoms with Crippen molar-refractivity contribution >= 4 is 11.1 Å². The molecule has 5 nitrogen and oxygen atoms in total. The first-order chi connectivity index (χ1) is 9.72. The van der Waals surface area contributed by atoms with E-state index in [1.54, 1.807) is 0 Å². The van der Waals surface area contributed by atoms with Crippen LogP contribution in [0.15, 0.2) is 27.4 Å². The Labute approximate surface area is 115 Å². The minimum Gasteiger partial charge on any atom is -0.408 e. The van der Waals surface area contributed by atoms with Gasteiger partial charge in [-0.15, -0.1) is 0 Å². The number of aromatic nitrogens is 2. The molecule has 4 rings (SSSR count). The Morgan fingerprint density at radius 1 is 1.25 bits per heavy atom. The third-order valence-electron chi connectivity index (χ3n) is 4.03. The predicted octanol–water partition coefficient (Wildman–Crippen LogP) is 2.07. The van der Waals surface area contributed by atoms with E-state index in [1.165, 1.54) is 16.8 Å². The summed E-state index contributed by atoms with van der Waals surface area (Å²) in [4.78, 5) is 17.4. The van der Waals surface area contributed by atoms with E-state index in [9.17, 15) is 4.79 Å². The molecule has 0 saturated carbocycles. The van der Waals surface area contributed by atoms with Crippen molar-refractivity contribution < 1.29 is 4.42 Å². The number of aromatic amines is 2. The number of oxazole rings is 1. The molecule has 0 unspecified atom stereocenters. The molecule has 1 aliphatic rings. The fourth-order valence-electron chi connectivity index (χ4n) is 2.97. The van der Waals surface area contributed by atoms with Crippen LogP contribution in [0, 0.1) is 6.92 Å². The van der Waals surface area contributed by atoms with E-state index in [-0.39, 0.29) is 0 Å². The summed E-state index contributed by atoms with van der Waals surface area (Å²) in [5, 5.41) is 3.39. The van der Waals surface area contributed by atoms with Gasteiger partial charge in [-0.05, 0) is 30.2 Å². The SMILES string of the molecule is Cc1c(-c2ccc3[nH]c(=O)oc3c2)[nH]c2c1CNCC2. The highest BCUT2D eigenvalue weighted by Gasteiger charge is 2.18. The number of fused-ring (bicyclic) bond motifs is 2. The van der Waals surface area contributed by atoms with Crippen LogP contribution in [0.25, 0.3) is 22.4 Å². The number of nitrogens with one attached hydrogen (secondary N) is 3. The molecule has 0 saturated heterocycles. The number of hydrogen-bond acceptors (Lipinski definition) is 3. The topological polar surface area (TPSA) is 73.8 Å². The largest absolute Gasteiger partial charge is 0.417 e. The van der Waals surface area contributed by atoms with Crippen molar-refractivity contribution in [3.8, 4) is 11.3 Å². The summed E-state index contributed by atoms with van der Waals surface area (Å²) < 4.78 is 5.13. The molecule has 1 aromatic carbocycles. The maximum absolute atomic E-state index is 11.2. The monoisotopic (exact) mass is 269 g/mol. The number of H-pyrrole nitrogens is 2. The molecule has 3 aromatic rings. The lowest BCUT2D eigenvalue weighted by Gasteiger charge is -2.12. The lowest BCUT2D eigenvalue weighted by Crippen LogP contribution is -2.23.